The summed E-state index contributed by atoms with van der Waals surface area (Å²) in [6.45, 7) is 0. The maximum Gasteiger partial charge on any atom is 0.368 e. The zero-order chi connectivity index (χ0) is 12.8. The number of imidazole rings is 1. The van der Waals surface area contributed by atoms with Gasteiger partial charge in [0, 0.05) is 18.0 Å². The van der Waals surface area contributed by atoms with Crippen molar-refractivity contribution in [3.05, 3.63) is 48.3 Å². The van der Waals surface area contributed by atoms with Gasteiger partial charge in [0.05, 0.1) is 0 Å². The molecule has 1 aromatic carbocycles. The number of aromatic amines is 2. The van der Waals surface area contributed by atoms with E-state index >= 15 is 0 Å². The van der Waals surface area contributed by atoms with Crippen LogP contribution in [0.25, 0.3) is 11.0 Å². The molecule has 1 aliphatic heterocycles. The summed E-state index contributed by atoms with van der Waals surface area (Å²) < 4.78 is 2.16. The second kappa shape index (κ2) is 3.61. The topological polar surface area (TPSA) is 87.5 Å². The highest BCUT2D eigenvalue weighted by atomic mass is 15.4. The molecule has 0 unspecified atom stereocenters. The molecular formula is C13H14N6+2. The average Bonchev–Trinajstić information content (AvgIpc) is 3.04. The number of anilines is 1. The summed E-state index contributed by atoms with van der Waals surface area (Å²) in [5.41, 5.74) is 9.24. The summed E-state index contributed by atoms with van der Waals surface area (Å²) in [5, 5.41) is 3.12. The molecule has 2 aromatic heterocycles. The van der Waals surface area contributed by atoms with Crippen LogP contribution in [-0.4, -0.2) is 15.9 Å². The van der Waals surface area contributed by atoms with Gasteiger partial charge in [-0.3, -0.25) is 5.73 Å². The number of H-pyrrole nitrogens is 2. The van der Waals surface area contributed by atoms with Gasteiger partial charge in [-0.2, -0.15) is 9.88 Å². The van der Waals surface area contributed by atoms with E-state index in [1.807, 2.05) is 36.7 Å². The molecule has 0 bridgehead atoms. The first-order valence-corrected chi connectivity index (χ1v) is 6.14. The van der Waals surface area contributed by atoms with Gasteiger partial charge in [0.2, 0.25) is 6.17 Å². The first-order chi connectivity index (χ1) is 9.33. The van der Waals surface area contributed by atoms with Gasteiger partial charge in [0.1, 0.15) is 11.0 Å². The average molecular weight is 254 g/mol. The molecule has 6 nitrogen and oxygen atoms in total. The van der Waals surface area contributed by atoms with Crippen LogP contribution >= 0.6 is 0 Å². The van der Waals surface area contributed by atoms with Crippen LogP contribution in [0, 0.1) is 0 Å². The quantitative estimate of drug-likeness (QED) is 0.366. The van der Waals surface area contributed by atoms with E-state index in [2.05, 4.69) is 30.9 Å². The van der Waals surface area contributed by atoms with E-state index in [0.717, 1.165) is 22.5 Å². The summed E-state index contributed by atoms with van der Waals surface area (Å²) in [6.07, 6.45) is 3.85. The summed E-state index contributed by atoms with van der Waals surface area (Å²) in [6, 6.07) is 10.2. The van der Waals surface area contributed by atoms with Crippen molar-refractivity contribution in [2.24, 2.45) is 5.73 Å². The summed E-state index contributed by atoms with van der Waals surface area (Å²) in [4.78, 5) is 9.68. The van der Waals surface area contributed by atoms with Crippen molar-refractivity contribution in [3.63, 3.8) is 0 Å². The molecule has 0 spiro atoms. The number of benzene rings is 1. The Morgan fingerprint density at radius 3 is 2.95 bits per heavy atom. The molecule has 0 radical (unpaired) electrons. The number of nitrogens with two attached hydrogens (primary N) is 1. The molecule has 6 N–H and O–H groups in total. The highest BCUT2D eigenvalue weighted by Crippen LogP contribution is 2.17. The molecular weight excluding hydrogens is 240 g/mol. The third-order valence-electron chi connectivity index (χ3n) is 3.40. The molecule has 3 heterocycles. The normalized spacial score (nSPS) is 17.9. The summed E-state index contributed by atoms with van der Waals surface area (Å²) in [5.74, 6) is 1.42. The van der Waals surface area contributed by atoms with Crippen LogP contribution in [0.2, 0.25) is 0 Å². The lowest BCUT2D eigenvalue weighted by Crippen LogP contribution is -2.88. The minimum Gasteiger partial charge on any atom is -0.367 e. The lowest BCUT2D eigenvalue weighted by atomic mass is 10.2. The van der Waals surface area contributed by atoms with Crippen molar-refractivity contribution in [1.29, 1.82) is 0 Å². The maximum absolute atomic E-state index is 5.92. The van der Waals surface area contributed by atoms with Gasteiger partial charge in [-0.1, -0.05) is 12.1 Å². The van der Waals surface area contributed by atoms with E-state index in [1.54, 1.807) is 0 Å². The van der Waals surface area contributed by atoms with Crippen molar-refractivity contribution < 1.29 is 9.56 Å². The van der Waals surface area contributed by atoms with Gasteiger partial charge < -0.3 is 4.98 Å². The fourth-order valence-electron chi connectivity index (χ4n) is 2.57. The molecule has 0 amide bonds. The lowest BCUT2D eigenvalue weighted by molar-refractivity contribution is -0.840. The first-order valence-electron chi connectivity index (χ1n) is 6.14. The fourth-order valence-corrected chi connectivity index (χ4v) is 2.57. The number of nitrogens with one attached hydrogen (secondary N) is 4. The monoisotopic (exact) mass is 254 g/mol. The number of nitrogens with zero attached hydrogens (tertiary/aromatic N) is 1. The highest BCUT2D eigenvalue weighted by molar-refractivity contribution is 5.87. The van der Waals surface area contributed by atoms with E-state index < -0.39 is 0 Å². The smallest absolute Gasteiger partial charge is 0.367 e. The van der Waals surface area contributed by atoms with Crippen LogP contribution in [-0.2, 0) is 0 Å². The van der Waals surface area contributed by atoms with Crippen LogP contribution in [0.5, 0.6) is 0 Å². The third-order valence-corrected chi connectivity index (χ3v) is 3.40. The largest absolute Gasteiger partial charge is 0.368 e. The third kappa shape index (κ3) is 1.43. The zero-order valence-corrected chi connectivity index (χ0v) is 10.1. The van der Waals surface area contributed by atoms with E-state index in [4.69, 9.17) is 5.73 Å². The Balaban J connectivity index is 2.00. The molecule has 0 aliphatic carbocycles. The van der Waals surface area contributed by atoms with Crippen molar-refractivity contribution in [2.75, 3.05) is 5.32 Å². The molecule has 6 heteroatoms. The number of fused-ring (bicyclic) bond motifs is 3. The van der Waals surface area contributed by atoms with Crippen molar-refractivity contribution >= 4 is 22.9 Å². The number of aromatic nitrogens is 3. The molecule has 0 saturated carbocycles. The van der Waals surface area contributed by atoms with Gasteiger partial charge in [0.15, 0.2) is 0 Å². The van der Waals surface area contributed by atoms with Crippen LogP contribution in [0.15, 0.2) is 42.7 Å². The number of hydrogen-bond donors (Lipinski definition) is 5. The van der Waals surface area contributed by atoms with Crippen LogP contribution in [0.3, 0.4) is 0 Å². The van der Waals surface area contributed by atoms with E-state index in [9.17, 15) is 0 Å². The number of guanidine groups is 1. The van der Waals surface area contributed by atoms with Gasteiger partial charge in [-0.15, -0.1) is 0 Å². The predicted octanol–water partition coefficient (Wildman–Crippen LogP) is -0.849. The molecule has 0 fully saturated rings. The highest BCUT2D eigenvalue weighted by Gasteiger charge is 2.32. The van der Waals surface area contributed by atoms with Crippen molar-refractivity contribution in [3.8, 4) is 0 Å². The van der Waals surface area contributed by atoms with Crippen molar-refractivity contribution in [1.82, 2.24) is 9.97 Å². The SMILES string of the molecule is NC1=[NH+][C@@H](c2cc[nH]c2)[n+]2c([nH]c3ccccc32)N1. The Morgan fingerprint density at radius 1 is 1.21 bits per heavy atom. The molecule has 1 atom stereocenters. The molecule has 3 aromatic rings. The first kappa shape index (κ1) is 10.2. The minimum atomic E-state index is -0.0290. The van der Waals surface area contributed by atoms with E-state index in [0.29, 0.717) is 5.96 Å². The molecule has 4 rings (SSSR count). The van der Waals surface area contributed by atoms with E-state index in [1.165, 1.54) is 0 Å². The number of hydrogen-bond acceptors (Lipinski definition) is 2. The molecule has 0 saturated heterocycles. The maximum atomic E-state index is 5.92. The Kier molecular flexibility index (Phi) is 1.94. The lowest BCUT2D eigenvalue weighted by Gasteiger charge is -2.15. The Morgan fingerprint density at radius 2 is 2.11 bits per heavy atom. The molecule has 94 valence electrons. The van der Waals surface area contributed by atoms with E-state index in [-0.39, 0.29) is 6.17 Å². The zero-order valence-electron chi connectivity index (χ0n) is 10.1. The van der Waals surface area contributed by atoms with Crippen LogP contribution in [0.4, 0.5) is 5.95 Å². The van der Waals surface area contributed by atoms with Gasteiger partial charge >= 0.3 is 11.9 Å². The minimum absolute atomic E-state index is 0.0290. The van der Waals surface area contributed by atoms with Crippen LogP contribution < -0.4 is 20.6 Å². The standard InChI is InChI=1S/C13H12N6/c14-12-17-11(8-5-6-15-7-8)19-10-4-2-1-3-9(10)16-13(19)18-12/h1-7,11,15H,(H3,14,16,17,18)/p+2/t11-/m1/s1. The van der Waals surface area contributed by atoms with Gasteiger partial charge in [0.25, 0.3) is 0 Å². The van der Waals surface area contributed by atoms with Crippen LogP contribution in [0.1, 0.15) is 11.7 Å². The Hall–Kier alpha value is -2.76. The predicted molar refractivity (Wildman–Crippen MR) is 71.2 cm³/mol. The Bertz CT molecular complexity index is 768. The number of para-hydroxylation sites is 2. The van der Waals surface area contributed by atoms with Gasteiger partial charge in [-0.25, -0.2) is 9.98 Å². The fraction of sp³-hybridized carbons (Fsp3) is 0.0769. The summed E-state index contributed by atoms with van der Waals surface area (Å²) in [7, 11) is 0. The summed E-state index contributed by atoms with van der Waals surface area (Å²) >= 11 is 0. The molecule has 1 aliphatic rings. The second-order valence-corrected chi connectivity index (χ2v) is 4.59. The second-order valence-electron chi connectivity index (χ2n) is 4.59. The Labute approximate surface area is 109 Å². The number of rotatable bonds is 1. The molecule has 19 heavy (non-hydrogen) atoms. The van der Waals surface area contributed by atoms with Crippen molar-refractivity contribution in [2.45, 2.75) is 6.17 Å². The van der Waals surface area contributed by atoms with Gasteiger partial charge in [-0.05, 0) is 18.2 Å².